The van der Waals surface area contributed by atoms with Crippen molar-refractivity contribution in [1.82, 2.24) is 5.43 Å². The van der Waals surface area contributed by atoms with E-state index in [-0.39, 0.29) is 5.76 Å². The molecule has 1 aromatic heterocycles. The van der Waals surface area contributed by atoms with E-state index in [1.807, 2.05) is 30.3 Å². The van der Waals surface area contributed by atoms with Crippen molar-refractivity contribution in [3.05, 3.63) is 59.5 Å². The lowest BCUT2D eigenvalue weighted by Crippen LogP contribution is -2.16. The van der Waals surface area contributed by atoms with Crippen molar-refractivity contribution in [2.75, 3.05) is 0 Å². The number of hydrazone groups is 1. The van der Waals surface area contributed by atoms with Gasteiger partial charge in [-0.05, 0) is 30.0 Å². The molecule has 0 radical (unpaired) electrons. The van der Waals surface area contributed by atoms with Crippen LogP contribution in [0.15, 0.2) is 52.0 Å². The van der Waals surface area contributed by atoms with Crippen LogP contribution in [0.3, 0.4) is 0 Å². The first-order chi connectivity index (χ1) is 10.8. The standard InChI is InChI=1S/C18H18N2O2/c1-2-3-4-8-11-16-12-13-17(22-16)18(21)20-19-14-15-9-6-5-7-10-15/h5-7,9-10,12-14H,2-4H2,1H3,(H,20,21)/b19-14-. The molecule has 2 aromatic rings. The van der Waals surface area contributed by atoms with Gasteiger partial charge in [0.05, 0.1) is 6.21 Å². The van der Waals surface area contributed by atoms with Crippen molar-refractivity contribution in [3.63, 3.8) is 0 Å². The zero-order chi connectivity index (χ0) is 15.6. The third-order valence-electron chi connectivity index (χ3n) is 2.88. The number of furan rings is 1. The topological polar surface area (TPSA) is 54.6 Å². The van der Waals surface area contributed by atoms with Gasteiger partial charge in [-0.1, -0.05) is 49.6 Å². The molecule has 0 bridgehead atoms. The second-order valence-corrected chi connectivity index (χ2v) is 4.68. The Balaban J connectivity index is 1.89. The molecule has 0 aliphatic rings. The van der Waals surface area contributed by atoms with Gasteiger partial charge in [0.2, 0.25) is 0 Å². The lowest BCUT2D eigenvalue weighted by molar-refractivity contribution is 0.0927. The summed E-state index contributed by atoms with van der Waals surface area (Å²) in [6.07, 6.45) is 4.58. The Morgan fingerprint density at radius 2 is 2.09 bits per heavy atom. The van der Waals surface area contributed by atoms with Gasteiger partial charge in [-0.15, -0.1) is 0 Å². The molecular formula is C18H18N2O2. The van der Waals surface area contributed by atoms with Gasteiger partial charge in [-0.3, -0.25) is 4.79 Å². The zero-order valence-electron chi connectivity index (χ0n) is 12.5. The SMILES string of the molecule is CCCCC#Cc1ccc(C(=O)N/N=C\c2ccccc2)o1. The van der Waals surface area contributed by atoms with Crippen molar-refractivity contribution < 1.29 is 9.21 Å². The lowest BCUT2D eigenvalue weighted by atomic mass is 10.2. The molecule has 22 heavy (non-hydrogen) atoms. The van der Waals surface area contributed by atoms with E-state index in [4.69, 9.17) is 4.42 Å². The third-order valence-corrected chi connectivity index (χ3v) is 2.88. The largest absolute Gasteiger partial charge is 0.443 e. The second kappa shape index (κ2) is 8.48. The molecule has 1 aromatic carbocycles. The number of rotatable bonds is 5. The Labute approximate surface area is 130 Å². The van der Waals surface area contributed by atoms with Crippen molar-refractivity contribution in [3.8, 4) is 11.8 Å². The number of hydrogen-bond donors (Lipinski definition) is 1. The van der Waals surface area contributed by atoms with Crippen LogP contribution in [-0.4, -0.2) is 12.1 Å². The molecule has 0 saturated carbocycles. The highest BCUT2D eigenvalue weighted by Gasteiger charge is 2.08. The van der Waals surface area contributed by atoms with Gasteiger partial charge in [0.25, 0.3) is 0 Å². The Morgan fingerprint density at radius 3 is 2.86 bits per heavy atom. The Bertz CT molecular complexity index is 691. The van der Waals surface area contributed by atoms with E-state index >= 15 is 0 Å². The number of carbonyl (C=O) groups is 1. The average Bonchev–Trinajstić information content (AvgIpc) is 3.01. The van der Waals surface area contributed by atoms with Gasteiger partial charge < -0.3 is 4.42 Å². The molecule has 1 N–H and O–H groups in total. The van der Waals surface area contributed by atoms with Crippen LogP contribution in [0.4, 0.5) is 0 Å². The predicted molar refractivity (Wildman–Crippen MR) is 86.6 cm³/mol. The minimum atomic E-state index is -0.395. The first-order valence-electron chi connectivity index (χ1n) is 7.26. The highest BCUT2D eigenvalue weighted by molar-refractivity contribution is 5.92. The van der Waals surface area contributed by atoms with Crippen molar-refractivity contribution in [2.45, 2.75) is 26.2 Å². The van der Waals surface area contributed by atoms with Gasteiger partial charge in [0.15, 0.2) is 11.5 Å². The molecule has 0 aliphatic carbocycles. The van der Waals surface area contributed by atoms with Crippen LogP contribution in [0, 0.1) is 11.8 Å². The van der Waals surface area contributed by atoms with E-state index in [1.165, 1.54) is 0 Å². The molecule has 0 unspecified atom stereocenters. The normalized spacial score (nSPS) is 10.2. The summed E-state index contributed by atoms with van der Waals surface area (Å²) in [6, 6.07) is 12.8. The Morgan fingerprint density at radius 1 is 1.27 bits per heavy atom. The molecule has 0 saturated heterocycles. The monoisotopic (exact) mass is 294 g/mol. The maximum atomic E-state index is 11.9. The van der Waals surface area contributed by atoms with Crippen LogP contribution < -0.4 is 5.43 Å². The highest BCUT2D eigenvalue weighted by atomic mass is 16.3. The van der Waals surface area contributed by atoms with E-state index in [0.29, 0.717) is 5.76 Å². The summed E-state index contributed by atoms with van der Waals surface area (Å²) in [5.41, 5.74) is 3.33. The smallest absolute Gasteiger partial charge is 0.307 e. The molecule has 2 rings (SSSR count). The van der Waals surface area contributed by atoms with Crippen LogP contribution in [0.25, 0.3) is 0 Å². The summed E-state index contributed by atoms with van der Waals surface area (Å²) < 4.78 is 5.37. The lowest BCUT2D eigenvalue weighted by Gasteiger charge is -1.95. The Kier molecular flexibility index (Phi) is 6.01. The van der Waals surface area contributed by atoms with Gasteiger partial charge in [0, 0.05) is 6.42 Å². The minimum Gasteiger partial charge on any atom is -0.443 e. The zero-order valence-corrected chi connectivity index (χ0v) is 12.5. The predicted octanol–water partition coefficient (Wildman–Crippen LogP) is 3.59. The highest BCUT2D eigenvalue weighted by Crippen LogP contribution is 2.06. The molecule has 0 fully saturated rings. The van der Waals surface area contributed by atoms with Crippen molar-refractivity contribution in [1.29, 1.82) is 0 Å². The fourth-order valence-corrected chi connectivity index (χ4v) is 1.70. The average molecular weight is 294 g/mol. The van der Waals surface area contributed by atoms with Crippen LogP contribution in [0.5, 0.6) is 0 Å². The summed E-state index contributed by atoms with van der Waals surface area (Å²) in [7, 11) is 0. The maximum absolute atomic E-state index is 11.9. The molecule has 112 valence electrons. The molecule has 4 nitrogen and oxygen atoms in total. The van der Waals surface area contributed by atoms with E-state index in [1.54, 1.807) is 18.3 Å². The third kappa shape index (κ3) is 4.95. The number of amides is 1. The summed E-state index contributed by atoms with van der Waals surface area (Å²) in [6.45, 7) is 2.12. The summed E-state index contributed by atoms with van der Waals surface area (Å²) in [4.78, 5) is 11.9. The number of benzene rings is 1. The quantitative estimate of drug-likeness (QED) is 0.396. The number of nitrogens with one attached hydrogen (secondary N) is 1. The number of unbranched alkanes of at least 4 members (excludes halogenated alkanes) is 2. The molecule has 1 amide bonds. The molecule has 0 aliphatic heterocycles. The van der Waals surface area contributed by atoms with Crippen LogP contribution >= 0.6 is 0 Å². The summed E-state index contributed by atoms with van der Waals surface area (Å²) >= 11 is 0. The molecular weight excluding hydrogens is 276 g/mol. The summed E-state index contributed by atoms with van der Waals surface area (Å²) in [5.74, 6) is 6.21. The van der Waals surface area contributed by atoms with Gasteiger partial charge >= 0.3 is 5.91 Å². The van der Waals surface area contributed by atoms with Gasteiger partial charge in [-0.2, -0.15) is 5.10 Å². The maximum Gasteiger partial charge on any atom is 0.307 e. The fourth-order valence-electron chi connectivity index (χ4n) is 1.70. The van der Waals surface area contributed by atoms with Crippen LogP contribution in [0.2, 0.25) is 0 Å². The molecule has 4 heteroatoms. The molecule has 0 atom stereocenters. The van der Waals surface area contributed by atoms with Crippen LogP contribution in [0.1, 0.15) is 48.1 Å². The van der Waals surface area contributed by atoms with E-state index in [2.05, 4.69) is 29.3 Å². The van der Waals surface area contributed by atoms with Gasteiger partial charge in [0.1, 0.15) is 0 Å². The minimum absolute atomic E-state index is 0.199. The summed E-state index contributed by atoms with van der Waals surface area (Å²) in [5, 5.41) is 3.89. The van der Waals surface area contributed by atoms with E-state index in [9.17, 15) is 4.79 Å². The van der Waals surface area contributed by atoms with E-state index in [0.717, 1.165) is 24.8 Å². The first-order valence-corrected chi connectivity index (χ1v) is 7.26. The first kappa shape index (κ1) is 15.6. The molecule has 1 heterocycles. The fraction of sp³-hybridized carbons (Fsp3) is 0.222. The molecule has 0 spiro atoms. The number of carbonyl (C=O) groups excluding carboxylic acids is 1. The van der Waals surface area contributed by atoms with Crippen LogP contribution in [-0.2, 0) is 0 Å². The second-order valence-electron chi connectivity index (χ2n) is 4.68. The van der Waals surface area contributed by atoms with Crippen molar-refractivity contribution >= 4 is 12.1 Å². The number of hydrogen-bond acceptors (Lipinski definition) is 3. The van der Waals surface area contributed by atoms with E-state index < -0.39 is 5.91 Å². The van der Waals surface area contributed by atoms with Crippen molar-refractivity contribution in [2.24, 2.45) is 5.10 Å². The number of nitrogens with zero attached hydrogens (tertiary/aromatic N) is 1. The van der Waals surface area contributed by atoms with Gasteiger partial charge in [-0.25, -0.2) is 5.43 Å². The Hall–Kier alpha value is -2.80.